The lowest BCUT2D eigenvalue weighted by Crippen LogP contribution is -2.63. The van der Waals surface area contributed by atoms with Crippen LogP contribution in [0.1, 0.15) is 45.5 Å². The summed E-state index contributed by atoms with van der Waals surface area (Å²) in [5, 5.41) is 9.03. The van der Waals surface area contributed by atoms with Crippen molar-refractivity contribution in [3.63, 3.8) is 0 Å². The molecule has 0 saturated carbocycles. The molecule has 29 heavy (non-hydrogen) atoms. The molecule has 3 aliphatic heterocycles. The summed E-state index contributed by atoms with van der Waals surface area (Å²) >= 11 is 0. The number of piperidine rings is 1. The average molecular weight is 400 g/mol. The van der Waals surface area contributed by atoms with Gasteiger partial charge in [0.25, 0.3) is 11.8 Å². The van der Waals surface area contributed by atoms with E-state index in [0.717, 1.165) is 23.4 Å². The molecule has 154 valence electrons. The molecule has 0 spiro atoms. The minimum Gasteiger partial charge on any atom is -0.385 e. The van der Waals surface area contributed by atoms with E-state index < -0.39 is 23.8 Å². The van der Waals surface area contributed by atoms with Crippen molar-refractivity contribution in [2.45, 2.75) is 43.9 Å². The van der Waals surface area contributed by atoms with Crippen molar-refractivity contribution in [2.24, 2.45) is 0 Å². The number of ether oxygens (including phenoxy) is 1. The van der Waals surface area contributed by atoms with Crippen molar-refractivity contribution < 1.29 is 23.9 Å². The first kappa shape index (κ1) is 19.7. The van der Waals surface area contributed by atoms with Crippen LogP contribution in [0.4, 0.5) is 0 Å². The molecular formula is C20H24N4O5. The number of hydrogen-bond acceptors (Lipinski definition) is 7. The molecule has 3 N–H and O–H groups in total. The number of hydrogen-bond donors (Lipinski definition) is 3. The highest BCUT2D eigenvalue weighted by molar-refractivity contribution is 6.23. The highest BCUT2D eigenvalue weighted by Gasteiger charge is 2.44. The molecule has 2 fully saturated rings. The van der Waals surface area contributed by atoms with Crippen LogP contribution in [-0.2, 0) is 20.9 Å². The monoisotopic (exact) mass is 400 g/mol. The molecule has 9 nitrogen and oxygen atoms in total. The van der Waals surface area contributed by atoms with Crippen molar-refractivity contribution in [3.05, 3.63) is 34.9 Å². The highest BCUT2D eigenvalue weighted by atomic mass is 16.5. The van der Waals surface area contributed by atoms with E-state index in [1.807, 2.05) is 6.07 Å². The van der Waals surface area contributed by atoms with Gasteiger partial charge in [0.05, 0.1) is 11.1 Å². The van der Waals surface area contributed by atoms with E-state index in [2.05, 4.69) is 16.0 Å². The third kappa shape index (κ3) is 3.68. The first-order valence-electron chi connectivity index (χ1n) is 9.80. The second-order valence-corrected chi connectivity index (χ2v) is 7.61. The summed E-state index contributed by atoms with van der Waals surface area (Å²) in [5.74, 6) is -1.95. The fraction of sp³-hybridized carbons (Fsp3) is 0.500. The predicted molar refractivity (Wildman–Crippen MR) is 102 cm³/mol. The summed E-state index contributed by atoms with van der Waals surface area (Å²) in [4.78, 5) is 50.0. The first-order valence-corrected chi connectivity index (χ1v) is 9.80. The number of imide groups is 2. The maximum absolute atomic E-state index is 12.9. The molecule has 0 radical (unpaired) electrons. The van der Waals surface area contributed by atoms with Gasteiger partial charge in [-0.25, -0.2) is 0 Å². The van der Waals surface area contributed by atoms with Gasteiger partial charge in [0.15, 0.2) is 0 Å². The molecule has 0 aliphatic carbocycles. The normalized spacial score (nSPS) is 26.4. The highest BCUT2D eigenvalue weighted by Crippen LogP contribution is 2.28. The Bertz CT molecular complexity index is 870. The van der Waals surface area contributed by atoms with E-state index in [4.69, 9.17) is 4.74 Å². The minimum absolute atomic E-state index is 0.110. The molecule has 9 heteroatoms. The van der Waals surface area contributed by atoms with Gasteiger partial charge in [-0.05, 0) is 30.5 Å². The van der Waals surface area contributed by atoms with Gasteiger partial charge in [0.2, 0.25) is 11.8 Å². The quantitative estimate of drug-likeness (QED) is 0.531. The largest absolute Gasteiger partial charge is 0.385 e. The molecular weight excluding hydrogens is 376 g/mol. The Labute approximate surface area is 168 Å². The van der Waals surface area contributed by atoms with Crippen molar-refractivity contribution in [3.8, 4) is 0 Å². The first-order chi connectivity index (χ1) is 14.0. The third-order valence-corrected chi connectivity index (χ3v) is 5.79. The molecule has 3 unspecified atom stereocenters. The van der Waals surface area contributed by atoms with Crippen molar-refractivity contribution >= 4 is 23.6 Å². The molecule has 0 aromatic heterocycles. The standard InChI is InChI=1S/C20H24N4O5/c1-29-7-6-14-15(10-22-14)21-9-11-2-3-12-13(8-11)20(28)24(19(12)27)16-4-5-17(25)23-18(16)26/h2-3,8,14-16,21-22H,4-7,9-10H2,1H3,(H,23,25,26). The molecule has 4 rings (SSSR count). The molecule has 1 aromatic rings. The summed E-state index contributed by atoms with van der Waals surface area (Å²) in [7, 11) is 1.68. The zero-order chi connectivity index (χ0) is 20.5. The molecule has 3 atom stereocenters. The fourth-order valence-electron chi connectivity index (χ4n) is 4.04. The van der Waals surface area contributed by atoms with Crippen molar-refractivity contribution in [1.29, 1.82) is 0 Å². The van der Waals surface area contributed by atoms with Crippen LogP contribution in [-0.4, -0.2) is 66.9 Å². The smallest absolute Gasteiger partial charge is 0.262 e. The second kappa shape index (κ2) is 8.02. The third-order valence-electron chi connectivity index (χ3n) is 5.79. The van der Waals surface area contributed by atoms with Crippen LogP contribution in [0.5, 0.6) is 0 Å². The number of methoxy groups -OCH3 is 1. The number of benzene rings is 1. The average Bonchev–Trinajstić information content (AvgIpc) is 2.92. The zero-order valence-electron chi connectivity index (χ0n) is 16.2. The lowest BCUT2D eigenvalue weighted by molar-refractivity contribution is -0.136. The molecule has 1 aromatic carbocycles. The second-order valence-electron chi connectivity index (χ2n) is 7.61. The van der Waals surface area contributed by atoms with E-state index in [1.54, 1.807) is 19.2 Å². The van der Waals surface area contributed by atoms with E-state index >= 15 is 0 Å². The lowest BCUT2D eigenvalue weighted by Gasteiger charge is -2.38. The fourth-order valence-corrected chi connectivity index (χ4v) is 4.04. The van der Waals surface area contributed by atoms with Crippen molar-refractivity contribution in [2.75, 3.05) is 20.3 Å². The number of fused-ring (bicyclic) bond motifs is 1. The molecule has 3 aliphatic rings. The number of nitrogens with one attached hydrogen (secondary N) is 3. The Kier molecular flexibility index (Phi) is 5.44. The van der Waals surface area contributed by atoms with Gasteiger partial charge < -0.3 is 15.4 Å². The van der Waals surface area contributed by atoms with Crippen LogP contribution >= 0.6 is 0 Å². The summed E-state index contributed by atoms with van der Waals surface area (Å²) in [5.41, 5.74) is 1.50. The number of amides is 4. The summed E-state index contributed by atoms with van der Waals surface area (Å²) < 4.78 is 5.12. The lowest BCUT2D eigenvalue weighted by atomic mass is 9.96. The predicted octanol–water partition coefficient (Wildman–Crippen LogP) is -0.446. The maximum Gasteiger partial charge on any atom is 0.262 e. The summed E-state index contributed by atoms with van der Waals surface area (Å²) in [6, 6.07) is 4.92. The van der Waals surface area contributed by atoms with Gasteiger partial charge in [0, 0.05) is 45.3 Å². The molecule has 2 saturated heterocycles. The number of carbonyl (C=O) groups is 4. The van der Waals surface area contributed by atoms with Gasteiger partial charge in [-0.15, -0.1) is 0 Å². The van der Waals surface area contributed by atoms with Gasteiger partial charge in [0.1, 0.15) is 6.04 Å². The van der Waals surface area contributed by atoms with E-state index in [-0.39, 0.29) is 18.7 Å². The van der Waals surface area contributed by atoms with Gasteiger partial charge in [-0.3, -0.25) is 29.4 Å². The Morgan fingerprint density at radius 2 is 1.97 bits per heavy atom. The van der Waals surface area contributed by atoms with Gasteiger partial charge in [-0.2, -0.15) is 0 Å². The Balaban J connectivity index is 1.43. The van der Waals surface area contributed by atoms with Crippen LogP contribution in [0.15, 0.2) is 18.2 Å². The maximum atomic E-state index is 12.9. The SMILES string of the molecule is COCCC1NCC1NCc1ccc2c(c1)C(=O)N(C1CCC(=O)NC1=O)C2=O. The molecule has 4 amide bonds. The number of rotatable bonds is 7. The van der Waals surface area contributed by atoms with Crippen molar-refractivity contribution in [1.82, 2.24) is 20.9 Å². The van der Waals surface area contributed by atoms with Crippen LogP contribution < -0.4 is 16.0 Å². The number of nitrogens with zero attached hydrogens (tertiary/aromatic N) is 1. The van der Waals surface area contributed by atoms with Crippen LogP contribution in [0.3, 0.4) is 0 Å². The summed E-state index contributed by atoms with van der Waals surface area (Å²) in [6.07, 6.45) is 1.19. The van der Waals surface area contributed by atoms with Crippen LogP contribution in [0.2, 0.25) is 0 Å². The molecule has 0 bridgehead atoms. The number of carbonyl (C=O) groups excluding carboxylic acids is 4. The Morgan fingerprint density at radius 1 is 1.17 bits per heavy atom. The Hall–Kier alpha value is -2.62. The van der Waals surface area contributed by atoms with E-state index in [0.29, 0.717) is 36.4 Å². The van der Waals surface area contributed by atoms with Crippen LogP contribution in [0.25, 0.3) is 0 Å². The van der Waals surface area contributed by atoms with Crippen LogP contribution in [0, 0.1) is 0 Å². The molecule has 3 heterocycles. The topological polar surface area (TPSA) is 117 Å². The van der Waals surface area contributed by atoms with Gasteiger partial charge in [-0.1, -0.05) is 6.07 Å². The summed E-state index contributed by atoms with van der Waals surface area (Å²) in [6.45, 7) is 2.14. The zero-order valence-corrected chi connectivity index (χ0v) is 16.2. The Morgan fingerprint density at radius 3 is 2.66 bits per heavy atom. The minimum atomic E-state index is -0.940. The van der Waals surface area contributed by atoms with Gasteiger partial charge >= 0.3 is 0 Å². The van der Waals surface area contributed by atoms with E-state index in [9.17, 15) is 19.2 Å². The van der Waals surface area contributed by atoms with E-state index in [1.165, 1.54) is 0 Å².